The second kappa shape index (κ2) is 6.06. The predicted octanol–water partition coefficient (Wildman–Crippen LogP) is 2.56. The van der Waals surface area contributed by atoms with Crippen LogP contribution in [0.3, 0.4) is 0 Å². The van der Waals surface area contributed by atoms with Crippen LogP contribution in [-0.4, -0.2) is 22.6 Å². The number of rotatable bonds is 3. The predicted molar refractivity (Wildman–Crippen MR) is 78.7 cm³/mol. The zero-order valence-corrected chi connectivity index (χ0v) is 12.7. The molecule has 0 saturated heterocycles. The molecule has 0 amide bonds. The fourth-order valence-electron chi connectivity index (χ4n) is 3.19. The van der Waals surface area contributed by atoms with Gasteiger partial charge in [0.25, 0.3) is 0 Å². The van der Waals surface area contributed by atoms with Gasteiger partial charge < -0.3 is 10.5 Å². The van der Waals surface area contributed by atoms with Gasteiger partial charge in [0.2, 0.25) is 0 Å². The first-order valence-corrected chi connectivity index (χ1v) is 8.05. The van der Waals surface area contributed by atoms with Crippen molar-refractivity contribution in [2.75, 3.05) is 7.11 Å². The summed E-state index contributed by atoms with van der Waals surface area (Å²) in [6.45, 7) is 4.38. The third kappa shape index (κ3) is 3.00. The highest BCUT2D eigenvalue weighted by Gasteiger charge is 2.37. The lowest BCUT2D eigenvalue weighted by Gasteiger charge is -2.37. The van der Waals surface area contributed by atoms with Gasteiger partial charge in [-0.25, -0.2) is 0 Å². The molecule has 3 nitrogen and oxygen atoms in total. The van der Waals surface area contributed by atoms with Crippen molar-refractivity contribution in [2.45, 2.75) is 42.9 Å². The Morgan fingerprint density at radius 1 is 1.26 bits per heavy atom. The molecule has 0 radical (unpaired) electrons. The number of methoxy groups -OCH3 is 1. The lowest BCUT2D eigenvalue weighted by Crippen LogP contribution is -2.47. The summed E-state index contributed by atoms with van der Waals surface area (Å²) in [5.41, 5.74) is 6.26. The van der Waals surface area contributed by atoms with Gasteiger partial charge >= 0.3 is 0 Å². The number of hydrogen-bond donors (Lipinski definition) is 1. The van der Waals surface area contributed by atoms with Crippen molar-refractivity contribution in [3.05, 3.63) is 24.3 Å². The van der Waals surface area contributed by atoms with Crippen LogP contribution in [0.4, 0.5) is 0 Å². The lowest BCUT2D eigenvalue weighted by atomic mass is 9.80. The van der Waals surface area contributed by atoms with Crippen LogP contribution in [0, 0.1) is 11.8 Å². The van der Waals surface area contributed by atoms with Crippen LogP contribution in [0.2, 0.25) is 0 Å². The average Bonchev–Trinajstić information content (AvgIpc) is 2.37. The highest BCUT2D eigenvalue weighted by Crippen LogP contribution is 2.35. The van der Waals surface area contributed by atoms with Gasteiger partial charge in [0.05, 0.1) is 28.1 Å². The molecule has 0 aliphatic heterocycles. The normalized spacial score (nSPS) is 32.8. The molecule has 4 heteroatoms. The fraction of sp³-hybridized carbons (Fsp3) is 0.600. The van der Waals surface area contributed by atoms with Gasteiger partial charge in [-0.15, -0.1) is 0 Å². The zero-order valence-electron chi connectivity index (χ0n) is 11.8. The molecule has 5 atom stereocenters. The smallest absolute Gasteiger partial charge is 0.134 e. The second-order valence-electron chi connectivity index (χ2n) is 5.63. The van der Waals surface area contributed by atoms with Gasteiger partial charge in [0.15, 0.2) is 0 Å². The van der Waals surface area contributed by atoms with Gasteiger partial charge in [0.1, 0.15) is 5.75 Å². The van der Waals surface area contributed by atoms with Crippen LogP contribution in [0.15, 0.2) is 29.2 Å². The Hall–Kier alpha value is -0.870. The molecule has 19 heavy (non-hydrogen) atoms. The van der Waals surface area contributed by atoms with Crippen molar-refractivity contribution in [3.8, 4) is 5.75 Å². The van der Waals surface area contributed by atoms with Crippen LogP contribution in [0.1, 0.15) is 26.7 Å². The van der Waals surface area contributed by atoms with E-state index in [1.165, 1.54) is 0 Å². The Labute approximate surface area is 118 Å². The van der Waals surface area contributed by atoms with Gasteiger partial charge in [-0.05, 0) is 36.8 Å². The minimum Gasteiger partial charge on any atom is -0.495 e. The molecule has 1 fully saturated rings. The van der Waals surface area contributed by atoms with Crippen molar-refractivity contribution in [1.82, 2.24) is 0 Å². The Morgan fingerprint density at radius 2 is 1.95 bits per heavy atom. The van der Waals surface area contributed by atoms with Crippen molar-refractivity contribution >= 4 is 10.8 Å². The summed E-state index contributed by atoms with van der Waals surface area (Å²) in [4.78, 5) is 0.770. The topological polar surface area (TPSA) is 52.3 Å². The summed E-state index contributed by atoms with van der Waals surface area (Å²) in [7, 11) is 0.507. The molecular formula is C15H23NO2S. The number of benzene rings is 1. The van der Waals surface area contributed by atoms with Crippen molar-refractivity contribution in [2.24, 2.45) is 17.6 Å². The SMILES string of the molecule is COc1ccccc1S(=O)C1C(C)CC(C)CC1N. The van der Waals surface area contributed by atoms with E-state index in [9.17, 15) is 4.21 Å². The third-order valence-corrected chi connectivity index (χ3v) is 6.04. The molecular weight excluding hydrogens is 258 g/mol. The minimum atomic E-state index is -1.11. The number of nitrogens with two attached hydrogens (primary N) is 1. The van der Waals surface area contributed by atoms with Gasteiger partial charge in [0, 0.05) is 6.04 Å². The molecule has 1 aromatic carbocycles. The largest absolute Gasteiger partial charge is 0.495 e. The molecule has 106 valence electrons. The fourth-order valence-corrected chi connectivity index (χ4v) is 5.00. The van der Waals surface area contributed by atoms with Crippen molar-refractivity contribution < 1.29 is 8.95 Å². The van der Waals surface area contributed by atoms with Crippen LogP contribution in [0.25, 0.3) is 0 Å². The Kier molecular flexibility index (Phi) is 4.63. The minimum absolute atomic E-state index is 0.00416. The number of ether oxygens (including phenoxy) is 1. The Morgan fingerprint density at radius 3 is 2.58 bits per heavy atom. The van der Waals surface area contributed by atoms with Crippen LogP contribution >= 0.6 is 0 Å². The summed E-state index contributed by atoms with van der Waals surface area (Å²) >= 11 is 0. The Bertz CT molecular complexity index is 451. The van der Waals surface area contributed by atoms with E-state index >= 15 is 0 Å². The molecule has 0 spiro atoms. The molecule has 1 saturated carbocycles. The maximum atomic E-state index is 12.9. The molecule has 0 bridgehead atoms. The first-order chi connectivity index (χ1) is 9.04. The van der Waals surface area contributed by atoms with Crippen LogP contribution in [0.5, 0.6) is 5.75 Å². The van der Waals surface area contributed by atoms with E-state index in [0.717, 1.165) is 17.7 Å². The molecule has 1 aliphatic carbocycles. The summed E-state index contributed by atoms with van der Waals surface area (Å²) in [6.07, 6.45) is 2.05. The lowest BCUT2D eigenvalue weighted by molar-refractivity contribution is 0.275. The highest BCUT2D eigenvalue weighted by molar-refractivity contribution is 7.85. The van der Waals surface area contributed by atoms with E-state index < -0.39 is 10.8 Å². The maximum absolute atomic E-state index is 12.9. The molecule has 0 heterocycles. The standard InChI is InChI=1S/C15H23NO2S/c1-10-8-11(2)15(12(16)9-10)19(17)14-7-5-4-6-13(14)18-3/h4-7,10-12,15H,8-9,16H2,1-3H3. The molecule has 2 rings (SSSR count). The molecule has 1 aliphatic rings. The third-order valence-electron chi connectivity index (χ3n) is 3.96. The maximum Gasteiger partial charge on any atom is 0.134 e. The zero-order chi connectivity index (χ0) is 14.0. The first-order valence-electron chi connectivity index (χ1n) is 6.83. The second-order valence-corrected chi connectivity index (χ2v) is 7.21. The number of para-hydroxylation sites is 1. The quantitative estimate of drug-likeness (QED) is 0.926. The van der Waals surface area contributed by atoms with Crippen molar-refractivity contribution in [3.63, 3.8) is 0 Å². The van der Waals surface area contributed by atoms with Crippen LogP contribution < -0.4 is 10.5 Å². The highest BCUT2D eigenvalue weighted by atomic mass is 32.2. The van der Waals surface area contributed by atoms with E-state index in [1.54, 1.807) is 7.11 Å². The van der Waals surface area contributed by atoms with E-state index in [2.05, 4.69) is 13.8 Å². The Balaban J connectivity index is 2.28. The average molecular weight is 281 g/mol. The van der Waals surface area contributed by atoms with E-state index in [-0.39, 0.29) is 11.3 Å². The molecule has 0 aromatic heterocycles. The molecule has 2 N–H and O–H groups in total. The van der Waals surface area contributed by atoms with Gasteiger partial charge in [-0.2, -0.15) is 0 Å². The summed E-state index contributed by atoms with van der Waals surface area (Å²) in [5, 5.41) is 0.0208. The molecule has 1 aromatic rings. The van der Waals surface area contributed by atoms with Gasteiger partial charge in [-0.3, -0.25) is 4.21 Å². The summed E-state index contributed by atoms with van der Waals surface area (Å²) in [5.74, 6) is 1.69. The molecule has 5 unspecified atom stereocenters. The number of hydrogen-bond acceptors (Lipinski definition) is 3. The van der Waals surface area contributed by atoms with Gasteiger partial charge in [-0.1, -0.05) is 26.0 Å². The monoisotopic (exact) mass is 281 g/mol. The first kappa shape index (κ1) is 14.5. The van der Waals surface area contributed by atoms with E-state index in [4.69, 9.17) is 10.5 Å². The van der Waals surface area contributed by atoms with Crippen molar-refractivity contribution in [1.29, 1.82) is 0 Å². The van der Waals surface area contributed by atoms with E-state index in [1.807, 2.05) is 24.3 Å². The van der Waals surface area contributed by atoms with Crippen LogP contribution in [-0.2, 0) is 10.8 Å². The van der Waals surface area contributed by atoms with E-state index in [0.29, 0.717) is 17.6 Å². The summed E-state index contributed by atoms with van der Waals surface area (Å²) in [6, 6.07) is 7.54. The summed E-state index contributed by atoms with van der Waals surface area (Å²) < 4.78 is 18.2.